The van der Waals surface area contributed by atoms with Crippen LogP contribution in [-0.4, -0.2) is 64.9 Å². The summed E-state index contributed by atoms with van der Waals surface area (Å²) >= 11 is 0. The average Bonchev–Trinajstić information content (AvgIpc) is 2.38. The number of allylic oxidation sites excluding steroid dienone is 4. The van der Waals surface area contributed by atoms with Crippen molar-refractivity contribution >= 4 is 17.7 Å². The third-order valence-electron chi connectivity index (χ3n) is 2.13. The summed E-state index contributed by atoms with van der Waals surface area (Å²) in [5.74, 6) is -1.87. The Morgan fingerprint density at radius 2 is 1.88 bits per heavy atom. The second kappa shape index (κ2) is 17.1. The summed E-state index contributed by atoms with van der Waals surface area (Å²) in [6.07, 6.45) is 6.10. The topological polar surface area (TPSA) is 233 Å². The molecule has 0 atom stereocenters. The first kappa shape index (κ1) is 33.4. The van der Waals surface area contributed by atoms with E-state index in [9.17, 15) is 14.4 Å². The molecule has 10 N–H and O–H groups in total. The fourth-order valence-electron chi connectivity index (χ4n) is 1.27. The van der Waals surface area contributed by atoms with Crippen LogP contribution in [0.5, 0.6) is 0 Å². The van der Waals surface area contributed by atoms with Crippen molar-refractivity contribution in [3.63, 3.8) is 0 Å². The minimum Gasteiger partial charge on any atom is -0.643 e. The van der Waals surface area contributed by atoms with Gasteiger partial charge in [0.1, 0.15) is 0 Å². The molecule has 0 aromatic carbocycles. The predicted molar refractivity (Wildman–Crippen MR) is 80.6 cm³/mol. The Bertz CT molecular complexity index is 489. The molecule has 1 amide bonds. The van der Waals surface area contributed by atoms with E-state index in [-0.39, 0.29) is 57.1 Å². The van der Waals surface area contributed by atoms with Gasteiger partial charge in [-0.25, -0.2) is 0 Å². The molecule has 0 spiro atoms. The molecule has 11 nitrogen and oxygen atoms in total. The number of carboxylic acids is 1. The number of carbonyl (C=O) groups is 3. The molecule has 1 aliphatic rings. The first-order valence-electron chi connectivity index (χ1n) is 5.37. The molecule has 0 saturated heterocycles. The first-order valence-corrected chi connectivity index (χ1v) is 5.37. The molecule has 0 saturated carbocycles. The van der Waals surface area contributed by atoms with Gasteiger partial charge in [0, 0.05) is 28.8 Å². The zero-order valence-electron chi connectivity index (χ0n) is 12.6. The number of ketones is 1. The molecule has 1 radical (unpaired) electrons. The van der Waals surface area contributed by atoms with Crippen LogP contribution in [0.4, 0.5) is 0 Å². The summed E-state index contributed by atoms with van der Waals surface area (Å²) in [4.78, 5) is 33.0. The molecule has 0 aromatic heterocycles. The number of ether oxygens (including phenoxy) is 1. The largest absolute Gasteiger partial charge is 0.643 e. The predicted octanol–water partition coefficient (Wildman–Crippen LogP) is -3.19. The third-order valence-corrected chi connectivity index (χ3v) is 2.13. The van der Waals surface area contributed by atoms with Gasteiger partial charge in [0.2, 0.25) is 5.78 Å². The second-order valence-electron chi connectivity index (χ2n) is 3.51. The van der Waals surface area contributed by atoms with E-state index in [0.29, 0.717) is 5.57 Å². The van der Waals surface area contributed by atoms with Gasteiger partial charge < -0.3 is 47.2 Å². The van der Waals surface area contributed by atoms with E-state index in [1.54, 1.807) is 12.2 Å². The van der Waals surface area contributed by atoms with Crippen LogP contribution in [-0.2, 0) is 36.2 Å². The van der Waals surface area contributed by atoms with E-state index in [1.165, 1.54) is 19.4 Å². The SMILES string of the molecule is COC1=CC=C/C(=C/NCC(=O)[N-]CC(=O)O)C1=O.O.O.O.O.[Mn]. The molecule has 24 heavy (non-hydrogen) atoms. The number of carboxylic acid groups (broad SMARTS) is 1. The van der Waals surface area contributed by atoms with Gasteiger partial charge in [-0.2, -0.15) is 0 Å². The Kier molecular flexibility index (Phi) is 23.9. The maximum absolute atomic E-state index is 11.7. The number of hydrogen-bond acceptors (Lipinski definition) is 5. The summed E-state index contributed by atoms with van der Waals surface area (Å²) in [7, 11) is 1.39. The van der Waals surface area contributed by atoms with Crippen LogP contribution in [0.25, 0.3) is 5.32 Å². The van der Waals surface area contributed by atoms with Crippen molar-refractivity contribution in [3.8, 4) is 0 Å². The van der Waals surface area contributed by atoms with Crippen LogP contribution in [0.3, 0.4) is 0 Å². The number of amides is 1. The summed E-state index contributed by atoms with van der Waals surface area (Å²) in [5.41, 5.74) is 0.338. The summed E-state index contributed by atoms with van der Waals surface area (Å²) in [5, 5.41) is 14.2. The monoisotopic (exact) mass is 392 g/mol. The molecule has 0 aliphatic heterocycles. The number of nitrogens with zero attached hydrogens (tertiary/aromatic N) is 1. The van der Waals surface area contributed by atoms with Gasteiger partial charge in [-0.1, -0.05) is 6.08 Å². The van der Waals surface area contributed by atoms with Crippen molar-refractivity contribution < 1.29 is 63.2 Å². The van der Waals surface area contributed by atoms with Crippen LogP contribution >= 0.6 is 0 Å². The number of aliphatic carboxylic acids is 1. The van der Waals surface area contributed by atoms with Gasteiger partial charge in [-0.05, 0) is 18.7 Å². The molecule has 141 valence electrons. The van der Waals surface area contributed by atoms with E-state index in [0.717, 1.165) is 0 Å². The molecule has 1 rings (SSSR count). The minimum atomic E-state index is -1.17. The molecule has 0 heterocycles. The quantitative estimate of drug-likeness (QED) is 0.349. The molecule has 0 fully saturated rings. The normalized spacial score (nSPS) is 12.6. The molecule has 0 bridgehead atoms. The van der Waals surface area contributed by atoms with Crippen LogP contribution in [0.2, 0.25) is 0 Å². The minimum absolute atomic E-state index is 0. The molecular formula is C12H21MnN2O9-. The van der Waals surface area contributed by atoms with Crippen LogP contribution < -0.4 is 5.32 Å². The Labute approximate surface area is 148 Å². The second-order valence-corrected chi connectivity index (χ2v) is 3.51. The van der Waals surface area contributed by atoms with Crippen LogP contribution in [0.1, 0.15) is 0 Å². The molecule has 0 aromatic rings. The zero-order chi connectivity index (χ0) is 14.3. The maximum atomic E-state index is 11.7. The molecule has 0 unspecified atom stereocenters. The van der Waals surface area contributed by atoms with Crippen molar-refractivity contribution in [2.24, 2.45) is 0 Å². The number of methoxy groups -OCH3 is 1. The van der Waals surface area contributed by atoms with E-state index in [1.807, 2.05) is 0 Å². The van der Waals surface area contributed by atoms with Crippen LogP contribution in [0, 0.1) is 0 Å². The Hall–Kier alpha value is -2.21. The summed E-state index contributed by atoms with van der Waals surface area (Å²) in [6, 6.07) is 0. The Balaban J connectivity index is -0.000000241. The number of rotatable bonds is 6. The van der Waals surface area contributed by atoms with Gasteiger partial charge in [-0.3, -0.25) is 9.59 Å². The molecular weight excluding hydrogens is 371 g/mol. The van der Waals surface area contributed by atoms with Gasteiger partial charge >= 0.3 is 0 Å². The van der Waals surface area contributed by atoms with E-state index >= 15 is 0 Å². The van der Waals surface area contributed by atoms with Crippen molar-refractivity contribution in [2.75, 3.05) is 20.2 Å². The number of hydrogen-bond donors (Lipinski definition) is 2. The standard InChI is InChI=1S/C12H14N2O5.Mn.4H2O/c1-19-9-4-2-3-8(12(9)18)5-13-6-10(15)14-7-11(16)17;;;;;/h2-5H,6-7H2,1H3,(H3,13,14,15,16,17,18);;4*1H2/p-1. The van der Waals surface area contributed by atoms with Crippen molar-refractivity contribution in [3.05, 3.63) is 41.1 Å². The van der Waals surface area contributed by atoms with E-state index < -0.39 is 18.4 Å². The fourth-order valence-corrected chi connectivity index (χ4v) is 1.27. The molecule has 1 aliphatic carbocycles. The van der Waals surface area contributed by atoms with E-state index in [2.05, 4.69) is 10.6 Å². The van der Waals surface area contributed by atoms with E-state index in [4.69, 9.17) is 9.84 Å². The summed E-state index contributed by atoms with van der Waals surface area (Å²) < 4.78 is 4.87. The summed E-state index contributed by atoms with van der Waals surface area (Å²) in [6.45, 7) is -0.740. The maximum Gasteiger partial charge on any atom is 0.285 e. The third kappa shape index (κ3) is 11.4. The van der Waals surface area contributed by atoms with Gasteiger partial charge in [0.15, 0.2) is 5.76 Å². The number of nitrogens with one attached hydrogen (secondary N) is 1. The number of Topliss-reactive ketones (excluding diaryl/α,β-unsaturated/α-hetero) is 1. The van der Waals surface area contributed by atoms with Crippen molar-refractivity contribution in [2.45, 2.75) is 0 Å². The van der Waals surface area contributed by atoms with Crippen LogP contribution in [0.15, 0.2) is 35.8 Å². The van der Waals surface area contributed by atoms with Crippen molar-refractivity contribution in [1.82, 2.24) is 5.32 Å². The Morgan fingerprint density at radius 3 is 2.38 bits per heavy atom. The fraction of sp³-hybridized carbons (Fsp3) is 0.250. The van der Waals surface area contributed by atoms with Gasteiger partial charge in [0.25, 0.3) is 5.97 Å². The van der Waals surface area contributed by atoms with Gasteiger partial charge in [-0.15, -0.1) is 0 Å². The zero-order valence-corrected chi connectivity index (χ0v) is 13.8. The number of carbonyl (C=O) groups excluding carboxylic acids is 2. The Morgan fingerprint density at radius 1 is 1.29 bits per heavy atom. The van der Waals surface area contributed by atoms with Crippen molar-refractivity contribution in [1.29, 1.82) is 0 Å². The average molecular weight is 392 g/mol. The molecule has 12 heteroatoms. The smallest absolute Gasteiger partial charge is 0.285 e. The first-order chi connectivity index (χ1) is 9.04. The van der Waals surface area contributed by atoms with Gasteiger partial charge in [0.05, 0.1) is 19.6 Å².